The lowest BCUT2D eigenvalue weighted by Crippen LogP contribution is -2.23. The van der Waals surface area contributed by atoms with Crippen molar-refractivity contribution in [2.24, 2.45) is 11.0 Å². The second kappa shape index (κ2) is 6.83. The van der Waals surface area contributed by atoms with E-state index in [1.807, 2.05) is 27.7 Å². The number of hydrogen-bond donors (Lipinski definition) is 1. The topological polar surface area (TPSA) is 75.6 Å². The molecule has 0 spiro atoms. The first-order valence-electron chi connectivity index (χ1n) is 7.80. The van der Waals surface area contributed by atoms with E-state index in [1.165, 1.54) is 5.56 Å². The lowest BCUT2D eigenvalue weighted by atomic mass is 9.97. The van der Waals surface area contributed by atoms with Crippen molar-refractivity contribution >= 4 is 21.5 Å². The first-order chi connectivity index (χ1) is 10.7. The van der Waals surface area contributed by atoms with E-state index in [1.54, 1.807) is 0 Å². The summed E-state index contributed by atoms with van der Waals surface area (Å²) in [7, 11) is -2.95. The maximum absolute atomic E-state index is 12.0. The number of nitrogens with one attached hydrogen (secondary N) is 1. The van der Waals surface area contributed by atoms with Gasteiger partial charge in [0.05, 0.1) is 17.2 Å². The quantitative estimate of drug-likeness (QED) is 0.677. The highest BCUT2D eigenvalue weighted by molar-refractivity contribution is 7.91. The number of aryl methyl sites for hydroxylation is 3. The standard InChI is InChI=1S/C17H24N2O3S/c1-11-7-12(2)17(13(3)8-11)14(4)18-19-16(20)9-15-5-6-23(21,22)10-15/h7-8,15H,5-6,9-10H2,1-4H3,(H,19,20)/b18-14-/t15-/m0/s1. The summed E-state index contributed by atoms with van der Waals surface area (Å²) in [5, 5.41) is 4.19. The van der Waals surface area contributed by atoms with Gasteiger partial charge in [0.15, 0.2) is 9.84 Å². The van der Waals surface area contributed by atoms with Crippen LogP contribution >= 0.6 is 0 Å². The van der Waals surface area contributed by atoms with Gasteiger partial charge in [-0.1, -0.05) is 17.7 Å². The molecule has 1 N–H and O–H groups in total. The number of hydrogen-bond acceptors (Lipinski definition) is 4. The molecule has 1 fully saturated rings. The van der Waals surface area contributed by atoms with E-state index < -0.39 is 9.84 Å². The molecule has 5 nitrogen and oxygen atoms in total. The fourth-order valence-corrected chi connectivity index (χ4v) is 5.16. The average Bonchev–Trinajstić information content (AvgIpc) is 2.74. The Labute approximate surface area is 138 Å². The van der Waals surface area contributed by atoms with Gasteiger partial charge < -0.3 is 0 Å². The van der Waals surface area contributed by atoms with Gasteiger partial charge in [-0.3, -0.25) is 4.79 Å². The maximum Gasteiger partial charge on any atom is 0.240 e. The van der Waals surface area contributed by atoms with Crippen molar-refractivity contribution in [3.63, 3.8) is 0 Å². The van der Waals surface area contributed by atoms with Crippen molar-refractivity contribution in [2.45, 2.75) is 40.5 Å². The van der Waals surface area contributed by atoms with E-state index in [9.17, 15) is 13.2 Å². The van der Waals surface area contributed by atoms with Gasteiger partial charge in [-0.15, -0.1) is 0 Å². The minimum absolute atomic E-state index is 0.0849. The van der Waals surface area contributed by atoms with Gasteiger partial charge in [0.25, 0.3) is 0 Å². The molecule has 1 aliphatic rings. The highest BCUT2D eigenvalue weighted by Gasteiger charge is 2.29. The Bertz CT molecular complexity index is 728. The number of amides is 1. The Kier molecular flexibility index (Phi) is 5.24. The summed E-state index contributed by atoms with van der Waals surface area (Å²) in [6.45, 7) is 7.97. The third-order valence-corrected chi connectivity index (χ3v) is 6.02. The van der Waals surface area contributed by atoms with Crippen LogP contribution in [0.2, 0.25) is 0 Å². The van der Waals surface area contributed by atoms with Crippen molar-refractivity contribution in [3.8, 4) is 0 Å². The van der Waals surface area contributed by atoms with Gasteiger partial charge in [0, 0.05) is 12.0 Å². The monoisotopic (exact) mass is 336 g/mol. The largest absolute Gasteiger partial charge is 0.273 e. The molecule has 1 aromatic rings. The molecule has 1 aromatic carbocycles. The number of carbonyl (C=O) groups excluding carboxylic acids is 1. The number of benzene rings is 1. The minimum atomic E-state index is -2.95. The number of sulfone groups is 1. The van der Waals surface area contributed by atoms with Crippen molar-refractivity contribution in [1.29, 1.82) is 0 Å². The average molecular weight is 336 g/mol. The lowest BCUT2D eigenvalue weighted by Gasteiger charge is -2.11. The van der Waals surface area contributed by atoms with Crippen LogP contribution in [0.1, 0.15) is 42.0 Å². The lowest BCUT2D eigenvalue weighted by molar-refractivity contribution is -0.121. The van der Waals surface area contributed by atoms with E-state index in [-0.39, 0.29) is 29.8 Å². The van der Waals surface area contributed by atoms with E-state index in [0.29, 0.717) is 6.42 Å². The Morgan fingerprint density at radius 3 is 2.39 bits per heavy atom. The van der Waals surface area contributed by atoms with Gasteiger partial charge in [0.1, 0.15) is 0 Å². The molecule has 1 saturated heterocycles. The third kappa shape index (κ3) is 4.64. The summed E-state index contributed by atoms with van der Waals surface area (Å²) in [5.41, 5.74) is 7.80. The van der Waals surface area contributed by atoms with Crippen LogP contribution in [0.15, 0.2) is 17.2 Å². The zero-order valence-electron chi connectivity index (χ0n) is 14.1. The number of nitrogens with zero attached hydrogens (tertiary/aromatic N) is 1. The molecule has 2 rings (SSSR count). The second-order valence-electron chi connectivity index (χ2n) is 6.48. The fourth-order valence-electron chi connectivity index (χ4n) is 3.29. The number of carbonyl (C=O) groups is 1. The molecule has 0 radical (unpaired) electrons. The van der Waals surface area contributed by atoms with Crippen LogP contribution in [0.4, 0.5) is 0 Å². The molecule has 0 bridgehead atoms. The summed E-state index contributed by atoms with van der Waals surface area (Å²) in [6.07, 6.45) is 0.774. The summed E-state index contributed by atoms with van der Waals surface area (Å²) >= 11 is 0. The first kappa shape index (κ1) is 17.7. The Morgan fingerprint density at radius 1 is 1.26 bits per heavy atom. The minimum Gasteiger partial charge on any atom is -0.273 e. The molecular formula is C17H24N2O3S. The molecule has 1 amide bonds. The van der Waals surface area contributed by atoms with Crippen molar-refractivity contribution in [1.82, 2.24) is 5.43 Å². The van der Waals surface area contributed by atoms with Crippen LogP contribution in [0, 0.1) is 26.7 Å². The molecule has 23 heavy (non-hydrogen) atoms. The van der Waals surface area contributed by atoms with Gasteiger partial charge >= 0.3 is 0 Å². The van der Waals surface area contributed by atoms with Crippen LogP contribution in [-0.2, 0) is 14.6 Å². The first-order valence-corrected chi connectivity index (χ1v) is 9.62. The SMILES string of the molecule is C/C(=N/NC(=O)C[C@@H]1CCS(=O)(=O)C1)c1c(C)cc(C)cc1C. The second-order valence-corrected chi connectivity index (χ2v) is 8.71. The molecule has 6 heteroatoms. The van der Waals surface area contributed by atoms with Crippen molar-refractivity contribution in [2.75, 3.05) is 11.5 Å². The van der Waals surface area contributed by atoms with Crippen molar-refractivity contribution < 1.29 is 13.2 Å². The van der Waals surface area contributed by atoms with Crippen LogP contribution < -0.4 is 5.43 Å². The molecule has 1 heterocycles. The Hall–Kier alpha value is -1.69. The molecular weight excluding hydrogens is 312 g/mol. The van der Waals surface area contributed by atoms with Gasteiger partial charge in [0.2, 0.25) is 5.91 Å². The maximum atomic E-state index is 12.0. The summed E-state index contributed by atoms with van der Waals surface area (Å²) in [5.74, 6) is -0.0129. The molecule has 0 aromatic heterocycles. The molecule has 0 aliphatic carbocycles. The fraction of sp³-hybridized carbons (Fsp3) is 0.529. The normalized spacial score (nSPS) is 20.5. The van der Waals surface area contributed by atoms with E-state index >= 15 is 0 Å². The predicted octanol–water partition coefficient (Wildman–Crippen LogP) is 2.28. The van der Waals surface area contributed by atoms with Crippen LogP contribution in [-0.4, -0.2) is 31.5 Å². The summed E-state index contributed by atoms with van der Waals surface area (Å²) in [4.78, 5) is 12.0. The zero-order valence-corrected chi connectivity index (χ0v) is 15.0. The van der Waals surface area contributed by atoms with E-state index in [4.69, 9.17) is 0 Å². The molecule has 126 valence electrons. The molecule has 1 atom stereocenters. The Balaban J connectivity index is 2.01. The smallest absolute Gasteiger partial charge is 0.240 e. The Morgan fingerprint density at radius 2 is 1.87 bits per heavy atom. The number of hydrazone groups is 1. The van der Waals surface area contributed by atoms with E-state index in [2.05, 4.69) is 22.7 Å². The third-order valence-electron chi connectivity index (χ3n) is 4.19. The van der Waals surface area contributed by atoms with E-state index in [0.717, 1.165) is 22.4 Å². The van der Waals surface area contributed by atoms with Crippen LogP contribution in [0.5, 0.6) is 0 Å². The summed E-state index contributed by atoms with van der Waals surface area (Å²) in [6, 6.07) is 4.18. The predicted molar refractivity (Wildman–Crippen MR) is 92.4 cm³/mol. The highest BCUT2D eigenvalue weighted by atomic mass is 32.2. The van der Waals surface area contributed by atoms with Gasteiger partial charge in [-0.25, -0.2) is 13.8 Å². The molecule has 1 aliphatic heterocycles. The van der Waals surface area contributed by atoms with Crippen molar-refractivity contribution in [3.05, 3.63) is 34.4 Å². The van der Waals surface area contributed by atoms with Crippen LogP contribution in [0.3, 0.4) is 0 Å². The summed E-state index contributed by atoms with van der Waals surface area (Å²) < 4.78 is 22.8. The molecule has 0 unspecified atom stereocenters. The zero-order chi connectivity index (χ0) is 17.2. The van der Waals surface area contributed by atoms with Gasteiger partial charge in [-0.2, -0.15) is 5.10 Å². The highest BCUT2D eigenvalue weighted by Crippen LogP contribution is 2.21. The van der Waals surface area contributed by atoms with Crippen LogP contribution in [0.25, 0.3) is 0 Å². The number of rotatable bonds is 4. The molecule has 0 saturated carbocycles. The van der Waals surface area contributed by atoms with Gasteiger partial charge in [-0.05, 0) is 51.2 Å².